The van der Waals surface area contributed by atoms with Gasteiger partial charge in [-0.3, -0.25) is 4.79 Å². The molecule has 2 bridgehead atoms. The quantitative estimate of drug-likeness (QED) is 0.526. The van der Waals surface area contributed by atoms with Gasteiger partial charge in [0.15, 0.2) is 5.11 Å². The molecule has 0 amide bonds. The number of aromatic nitrogens is 1. The summed E-state index contributed by atoms with van der Waals surface area (Å²) in [5.41, 5.74) is -0.0572. The van der Waals surface area contributed by atoms with Gasteiger partial charge in [0.25, 0.3) is 0 Å². The van der Waals surface area contributed by atoms with Gasteiger partial charge < -0.3 is 24.8 Å². The molecule has 5 rings (SSSR count). The number of nitrogens with zero attached hydrogens (tertiary/aromatic N) is 3. The Morgan fingerprint density at radius 3 is 2.58 bits per heavy atom. The van der Waals surface area contributed by atoms with Gasteiger partial charge in [-0.15, -0.1) is 0 Å². The Balaban J connectivity index is 1.33. The van der Waals surface area contributed by atoms with E-state index in [0.29, 0.717) is 61.8 Å². The summed E-state index contributed by atoms with van der Waals surface area (Å²) < 4.78 is 16.8. The normalized spacial score (nSPS) is 24.0. The molecule has 174 valence electrons. The SMILES string of the molecule is CCn1cc(C(=O)O)c(=O)c2cc(F)c(N3CCN(C(=S)N[C@@H]4C[C@H]5C=C[C@H]4C5)CC3)cc21. The van der Waals surface area contributed by atoms with Crippen molar-refractivity contribution >= 4 is 39.9 Å². The molecule has 2 heterocycles. The van der Waals surface area contributed by atoms with Crippen molar-refractivity contribution in [2.24, 2.45) is 11.8 Å². The van der Waals surface area contributed by atoms with Gasteiger partial charge in [-0.25, -0.2) is 9.18 Å². The highest BCUT2D eigenvalue weighted by Crippen LogP contribution is 2.39. The number of benzene rings is 1. The van der Waals surface area contributed by atoms with Crippen LogP contribution in [0.25, 0.3) is 10.9 Å². The predicted molar refractivity (Wildman–Crippen MR) is 129 cm³/mol. The Hall–Kier alpha value is -2.94. The number of carboxylic acid groups (broad SMARTS) is 1. The second-order valence-corrected chi connectivity index (χ2v) is 9.48. The van der Waals surface area contributed by atoms with Gasteiger partial charge in [-0.2, -0.15) is 0 Å². The van der Waals surface area contributed by atoms with Gasteiger partial charge >= 0.3 is 5.97 Å². The maximum Gasteiger partial charge on any atom is 0.341 e. The van der Waals surface area contributed by atoms with Crippen LogP contribution in [0.15, 0.2) is 35.3 Å². The third-order valence-corrected chi connectivity index (χ3v) is 7.59. The van der Waals surface area contributed by atoms with E-state index in [0.717, 1.165) is 11.5 Å². The maximum atomic E-state index is 15.1. The van der Waals surface area contributed by atoms with Crippen molar-refractivity contribution in [2.75, 3.05) is 31.1 Å². The average molecular weight is 471 g/mol. The molecule has 33 heavy (non-hydrogen) atoms. The Bertz CT molecular complexity index is 1220. The lowest BCUT2D eigenvalue weighted by Crippen LogP contribution is -2.54. The topological polar surface area (TPSA) is 77.8 Å². The van der Waals surface area contributed by atoms with E-state index < -0.39 is 17.2 Å². The zero-order valence-electron chi connectivity index (χ0n) is 18.5. The number of carboxylic acids is 1. The van der Waals surface area contributed by atoms with Gasteiger partial charge in [-0.1, -0.05) is 12.2 Å². The molecular formula is C24H27FN4O3S. The van der Waals surface area contributed by atoms with Gasteiger partial charge in [0.05, 0.1) is 11.2 Å². The van der Waals surface area contributed by atoms with Gasteiger partial charge in [0.2, 0.25) is 5.43 Å². The minimum absolute atomic E-state index is 0.0851. The van der Waals surface area contributed by atoms with Crippen molar-refractivity contribution in [3.8, 4) is 0 Å². The molecule has 0 radical (unpaired) electrons. The van der Waals surface area contributed by atoms with Crippen molar-refractivity contribution in [1.29, 1.82) is 0 Å². The van der Waals surface area contributed by atoms with Crippen LogP contribution in [0.3, 0.4) is 0 Å². The van der Waals surface area contributed by atoms with Crippen LogP contribution in [0.2, 0.25) is 0 Å². The molecule has 2 aliphatic carbocycles. The smallest absolute Gasteiger partial charge is 0.341 e. The number of carbonyl (C=O) groups is 1. The van der Waals surface area contributed by atoms with E-state index in [9.17, 15) is 14.7 Å². The molecular weight excluding hydrogens is 443 g/mol. The van der Waals surface area contributed by atoms with E-state index in [2.05, 4.69) is 22.4 Å². The van der Waals surface area contributed by atoms with Crippen molar-refractivity contribution in [1.82, 2.24) is 14.8 Å². The molecule has 0 unspecified atom stereocenters. The number of nitrogens with one attached hydrogen (secondary N) is 1. The molecule has 1 saturated carbocycles. The summed E-state index contributed by atoms with van der Waals surface area (Å²) in [5.74, 6) is -0.586. The molecule has 3 atom stereocenters. The fraction of sp³-hybridized carbons (Fsp3) is 0.458. The lowest BCUT2D eigenvalue weighted by Gasteiger charge is -2.38. The largest absolute Gasteiger partial charge is 0.477 e. The van der Waals surface area contributed by atoms with Crippen molar-refractivity contribution in [3.63, 3.8) is 0 Å². The van der Waals surface area contributed by atoms with Crippen LogP contribution in [-0.4, -0.2) is 57.9 Å². The van der Waals surface area contributed by atoms with E-state index in [-0.39, 0.29) is 10.9 Å². The third-order valence-electron chi connectivity index (χ3n) is 7.22. The zero-order valence-corrected chi connectivity index (χ0v) is 19.3. The van der Waals surface area contributed by atoms with E-state index in [1.54, 1.807) is 10.6 Å². The Morgan fingerprint density at radius 2 is 1.97 bits per heavy atom. The number of hydrogen-bond acceptors (Lipinski definition) is 4. The number of aryl methyl sites for hydroxylation is 1. The molecule has 9 heteroatoms. The van der Waals surface area contributed by atoms with Crippen molar-refractivity contribution in [3.05, 3.63) is 52.1 Å². The summed E-state index contributed by atoms with van der Waals surface area (Å²) in [5, 5.41) is 13.7. The van der Waals surface area contributed by atoms with Crippen LogP contribution in [0.5, 0.6) is 0 Å². The van der Waals surface area contributed by atoms with Crippen LogP contribution >= 0.6 is 12.2 Å². The first-order valence-corrected chi connectivity index (χ1v) is 11.8. The summed E-state index contributed by atoms with van der Waals surface area (Å²) in [6, 6.07) is 3.24. The standard InChI is InChI=1S/C24H27FN4O3S/c1-2-27-13-17(23(31)32)22(30)16-11-18(25)21(12-20(16)27)28-5-7-29(8-6-28)24(33)26-19-10-14-3-4-15(19)9-14/h3-4,11-15,19H,2,5-10H2,1H3,(H,26,33)(H,31,32)/t14-,15-,19+/m0/s1. The number of fused-ring (bicyclic) bond motifs is 3. The minimum atomic E-state index is -1.31. The van der Waals surface area contributed by atoms with Crippen LogP contribution in [0, 0.1) is 17.7 Å². The molecule has 1 aromatic carbocycles. The summed E-state index contributed by atoms with van der Waals surface area (Å²) in [6.45, 7) is 4.89. The van der Waals surface area contributed by atoms with Crippen LogP contribution in [-0.2, 0) is 6.54 Å². The molecule has 2 fully saturated rings. The molecule has 3 aliphatic rings. The monoisotopic (exact) mass is 470 g/mol. The summed E-state index contributed by atoms with van der Waals surface area (Å²) in [7, 11) is 0. The Morgan fingerprint density at radius 1 is 1.21 bits per heavy atom. The van der Waals surface area contributed by atoms with Crippen molar-refractivity contribution in [2.45, 2.75) is 32.4 Å². The van der Waals surface area contributed by atoms with Crippen LogP contribution < -0.4 is 15.6 Å². The third kappa shape index (κ3) is 3.88. The highest BCUT2D eigenvalue weighted by molar-refractivity contribution is 7.80. The number of aromatic carboxylic acids is 1. The highest BCUT2D eigenvalue weighted by Gasteiger charge is 2.36. The highest BCUT2D eigenvalue weighted by atomic mass is 32.1. The molecule has 7 nitrogen and oxygen atoms in total. The van der Waals surface area contributed by atoms with E-state index in [4.69, 9.17) is 12.2 Å². The molecule has 2 aromatic rings. The van der Waals surface area contributed by atoms with Gasteiger partial charge in [-0.05, 0) is 56.0 Å². The summed E-state index contributed by atoms with van der Waals surface area (Å²) in [4.78, 5) is 28.1. The number of allylic oxidation sites excluding steroid dienone is 1. The number of piperazine rings is 1. The second-order valence-electron chi connectivity index (χ2n) is 9.09. The predicted octanol–water partition coefficient (Wildman–Crippen LogP) is 2.82. The summed E-state index contributed by atoms with van der Waals surface area (Å²) in [6.07, 6.45) is 8.29. The Kier molecular flexibility index (Phi) is 5.60. The first-order chi connectivity index (χ1) is 15.9. The van der Waals surface area contributed by atoms with Crippen LogP contribution in [0.1, 0.15) is 30.1 Å². The second kappa shape index (κ2) is 8.44. The summed E-state index contributed by atoms with van der Waals surface area (Å²) >= 11 is 5.66. The Labute approximate surface area is 196 Å². The number of thiocarbonyl (C=S) groups is 1. The molecule has 1 saturated heterocycles. The first kappa shape index (κ1) is 21.9. The number of rotatable bonds is 4. The van der Waals surface area contributed by atoms with Crippen molar-refractivity contribution < 1.29 is 14.3 Å². The fourth-order valence-corrected chi connectivity index (χ4v) is 5.74. The van der Waals surface area contributed by atoms with E-state index in [1.165, 1.54) is 18.7 Å². The zero-order chi connectivity index (χ0) is 23.3. The lowest BCUT2D eigenvalue weighted by molar-refractivity contribution is 0.0695. The average Bonchev–Trinajstić information content (AvgIpc) is 3.42. The molecule has 0 spiro atoms. The molecule has 1 aromatic heterocycles. The maximum absolute atomic E-state index is 15.1. The minimum Gasteiger partial charge on any atom is -0.477 e. The lowest BCUT2D eigenvalue weighted by atomic mass is 10.0. The fourth-order valence-electron chi connectivity index (χ4n) is 5.40. The number of pyridine rings is 1. The first-order valence-electron chi connectivity index (χ1n) is 11.4. The van der Waals surface area contributed by atoms with Crippen LogP contribution in [0.4, 0.5) is 10.1 Å². The van der Waals surface area contributed by atoms with E-state index >= 15 is 4.39 Å². The van der Waals surface area contributed by atoms with Gasteiger partial charge in [0, 0.05) is 50.3 Å². The number of halogens is 1. The number of anilines is 1. The molecule has 1 aliphatic heterocycles. The van der Waals surface area contributed by atoms with E-state index in [1.807, 2.05) is 11.8 Å². The number of hydrogen-bond donors (Lipinski definition) is 2. The molecule has 2 N–H and O–H groups in total. The van der Waals surface area contributed by atoms with Gasteiger partial charge in [0.1, 0.15) is 11.4 Å².